The van der Waals surface area contributed by atoms with Gasteiger partial charge >= 0.3 is 5.97 Å². The smallest absolute Gasteiger partial charge is 0.303 e. The third-order valence-corrected chi connectivity index (χ3v) is 3.78. The van der Waals surface area contributed by atoms with E-state index in [2.05, 4.69) is 0 Å². The summed E-state index contributed by atoms with van der Waals surface area (Å²) in [6.45, 7) is 1.43. The topological polar surface area (TPSA) is 35.5 Å². The maximum atomic E-state index is 11.5. The molecule has 3 nitrogen and oxygen atoms in total. The zero-order chi connectivity index (χ0) is 17.5. The Hall–Kier alpha value is -3.07. The number of benzene rings is 3. The maximum absolute atomic E-state index is 11.5. The van der Waals surface area contributed by atoms with E-state index in [1.165, 1.54) is 6.92 Å². The van der Waals surface area contributed by atoms with E-state index >= 15 is 0 Å². The highest BCUT2D eigenvalue weighted by Crippen LogP contribution is 2.28. The Labute approximate surface area is 147 Å². The van der Waals surface area contributed by atoms with Gasteiger partial charge in [-0.3, -0.25) is 4.79 Å². The number of carbonyl (C=O) groups is 1. The Bertz CT molecular complexity index is 813. The first kappa shape index (κ1) is 16.8. The van der Waals surface area contributed by atoms with E-state index < -0.39 is 0 Å². The molecular formula is C22H20O3. The summed E-state index contributed by atoms with van der Waals surface area (Å²) in [5.41, 5.74) is 2.02. The molecule has 3 aromatic rings. The lowest BCUT2D eigenvalue weighted by Crippen LogP contribution is -2.11. The maximum Gasteiger partial charge on any atom is 0.303 e. The molecule has 1 atom stereocenters. The Morgan fingerprint density at radius 2 is 1.48 bits per heavy atom. The molecule has 0 aliphatic rings. The second-order valence-corrected chi connectivity index (χ2v) is 5.78. The number of hydrogen-bond acceptors (Lipinski definition) is 3. The zero-order valence-electron chi connectivity index (χ0n) is 14.1. The van der Waals surface area contributed by atoms with Crippen LogP contribution in [0.25, 0.3) is 0 Å². The molecule has 0 aromatic heterocycles. The van der Waals surface area contributed by atoms with Crippen LogP contribution in [0.3, 0.4) is 0 Å². The van der Waals surface area contributed by atoms with Crippen molar-refractivity contribution in [1.29, 1.82) is 0 Å². The molecule has 0 spiro atoms. The summed E-state index contributed by atoms with van der Waals surface area (Å²) in [7, 11) is 0. The van der Waals surface area contributed by atoms with Gasteiger partial charge in [0.1, 0.15) is 17.6 Å². The van der Waals surface area contributed by atoms with Crippen LogP contribution in [0.4, 0.5) is 0 Å². The van der Waals surface area contributed by atoms with Crippen LogP contribution >= 0.6 is 0 Å². The van der Waals surface area contributed by atoms with E-state index in [0.717, 1.165) is 16.9 Å². The summed E-state index contributed by atoms with van der Waals surface area (Å²) >= 11 is 0. The van der Waals surface area contributed by atoms with E-state index in [9.17, 15) is 4.79 Å². The van der Waals surface area contributed by atoms with Crippen molar-refractivity contribution in [2.75, 3.05) is 0 Å². The second-order valence-electron chi connectivity index (χ2n) is 5.78. The molecule has 0 heterocycles. The van der Waals surface area contributed by atoms with Gasteiger partial charge in [0.05, 0.1) is 0 Å². The largest absolute Gasteiger partial charge is 0.457 e. The van der Waals surface area contributed by atoms with Crippen LogP contribution in [-0.2, 0) is 16.0 Å². The fraction of sp³-hybridized carbons (Fsp3) is 0.136. The monoisotopic (exact) mass is 332 g/mol. The average Bonchev–Trinajstić information content (AvgIpc) is 2.63. The van der Waals surface area contributed by atoms with Crippen molar-refractivity contribution in [3.63, 3.8) is 0 Å². The molecule has 0 fully saturated rings. The van der Waals surface area contributed by atoms with Crippen LogP contribution in [0.15, 0.2) is 84.9 Å². The molecule has 0 aliphatic carbocycles. The first-order chi connectivity index (χ1) is 12.2. The molecule has 0 radical (unpaired) electrons. The number of carbonyl (C=O) groups excluding carboxylic acids is 1. The Balaban J connectivity index is 1.82. The van der Waals surface area contributed by atoms with Crippen LogP contribution in [0.2, 0.25) is 0 Å². The second kappa shape index (κ2) is 8.15. The van der Waals surface area contributed by atoms with Gasteiger partial charge in [-0.1, -0.05) is 60.7 Å². The highest BCUT2D eigenvalue weighted by atomic mass is 16.5. The average molecular weight is 332 g/mol. The zero-order valence-corrected chi connectivity index (χ0v) is 14.1. The molecule has 0 saturated heterocycles. The molecule has 0 amide bonds. The van der Waals surface area contributed by atoms with Gasteiger partial charge in [0.25, 0.3) is 0 Å². The Kier molecular flexibility index (Phi) is 5.47. The minimum atomic E-state index is -0.348. The number of ether oxygens (including phenoxy) is 2. The molecule has 0 bridgehead atoms. The van der Waals surface area contributed by atoms with Gasteiger partial charge in [0, 0.05) is 13.3 Å². The van der Waals surface area contributed by atoms with Gasteiger partial charge < -0.3 is 9.47 Å². The number of para-hydroxylation sites is 1. The molecule has 0 aliphatic heterocycles. The lowest BCUT2D eigenvalue weighted by Gasteiger charge is -2.18. The summed E-state index contributed by atoms with van der Waals surface area (Å²) in [5, 5.41) is 0. The van der Waals surface area contributed by atoms with Crippen molar-refractivity contribution in [2.45, 2.75) is 19.4 Å². The number of hydrogen-bond donors (Lipinski definition) is 0. The molecule has 3 heteroatoms. The van der Waals surface area contributed by atoms with Gasteiger partial charge in [-0.05, 0) is 35.4 Å². The van der Waals surface area contributed by atoms with Gasteiger partial charge in [0.15, 0.2) is 0 Å². The minimum Gasteiger partial charge on any atom is -0.457 e. The van der Waals surface area contributed by atoms with Gasteiger partial charge in [-0.25, -0.2) is 0 Å². The predicted molar refractivity (Wildman–Crippen MR) is 97.6 cm³/mol. The third kappa shape index (κ3) is 4.95. The minimum absolute atomic E-state index is 0.296. The van der Waals surface area contributed by atoms with Gasteiger partial charge in [-0.2, -0.15) is 0 Å². The van der Waals surface area contributed by atoms with E-state index in [0.29, 0.717) is 12.2 Å². The van der Waals surface area contributed by atoms with Crippen molar-refractivity contribution in [2.24, 2.45) is 0 Å². The SMILES string of the molecule is CC(=O)O[C@H](Cc1ccccc1)c1cccc(Oc2ccccc2)c1. The van der Waals surface area contributed by atoms with Gasteiger partial charge in [0.2, 0.25) is 0 Å². The van der Waals surface area contributed by atoms with Crippen LogP contribution in [0.5, 0.6) is 11.5 Å². The molecule has 3 aromatic carbocycles. The van der Waals surface area contributed by atoms with Crippen molar-refractivity contribution in [3.05, 3.63) is 96.1 Å². The molecule has 0 unspecified atom stereocenters. The van der Waals surface area contributed by atoms with Crippen molar-refractivity contribution >= 4 is 5.97 Å². The molecular weight excluding hydrogens is 312 g/mol. The normalized spacial score (nSPS) is 11.6. The lowest BCUT2D eigenvalue weighted by molar-refractivity contribution is -0.146. The summed E-state index contributed by atoms with van der Waals surface area (Å²) < 4.78 is 11.4. The molecule has 0 N–H and O–H groups in total. The predicted octanol–water partition coefficient (Wildman–Crippen LogP) is 5.33. The van der Waals surface area contributed by atoms with E-state index in [1.807, 2.05) is 84.9 Å². The summed E-state index contributed by atoms with van der Waals surface area (Å²) in [6, 6.07) is 27.3. The Morgan fingerprint density at radius 3 is 2.16 bits per heavy atom. The first-order valence-electron chi connectivity index (χ1n) is 8.25. The van der Waals surface area contributed by atoms with Crippen LogP contribution in [0, 0.1) is 0 Å². The van der Waals surface area contributed by atoms with Crippen molar-refractivity contribution in [1.82, 2.24) is 0 Å². The standard InChI is InChI=1S/C22H20O3/c1-17(23)24-22(15-18-9-4-2-5-10-18)19-11-8-14-21(16-19)25-20-12-6-3-7-13-20/h2-14,16,22H,15H2,1H3/t22-/m1/s1. The lowest BCUT2D eigenvalue weighted by atomic mass is 10.0. The van der Waals surface area contributed by atoms with Crippen LogP contribution < -0.4 is 4.74 Å². The summed E-state index contributed by atoms with van der Waals surface area (Å²) in [6.07, 6.45) is 0.272. The first-order valence-corrected chi connectivity index (χ1v) is 8.25. The quantitative estimate of drug-likeness (QED) is 0.573. The molecule has 126 valence electrons. The van der Waals surface area contributed by atoms with Crippen LogP contribution in [0.1, 0.15) is 24.2 Å². The molecule has 3 rings (SSSR count). The highest BCUT2D eigenvalue weighted by Gasteiger charge is 2.16. The molecule has 25 heavy (non-hydrogen) atoms. The van der Waals surface area contributed by atoms with Gasteiger partial charge in [-0.15, -0.1) is 0 Å². The van der Waals surface area contributed by atoms with E-state index in [4.69, 9.17) is 9.47 Å². The van der Waals surface area contributed by atoms with Crippen LogP contribution in [-0.4, -0.2) is 5.97 Å². The summed E-state index contributed by atoms with van der Waals surface area (Å²) in [4.78, 5) is 11.5. The Morgan fingerprint density at radius 1 is 0.840 bits per heavy atom. The van der Waals surface area contributed by atoms with Crippen molar-refractivity contribution < 1.29 is 14.3 Å². The fourth-order valence-electron chi connectivity index (χ4n) is 2.66. The summed E-state index contributed by atoms with van der Waals surface area (Å²) in [5.74, 6) is 1.19. The van der Waals surface area contributed by atoms with E-state index in [-0.39, 0.29) is 12.1 Å². The fourth-order valence-corrected chi connectivity index (χ4v) is 2.66. The number of rotatable bonds is 6. The number of esters is 1. The highest BCUT2D eigenvalue weighted by molar-refractivity contribution is 5.66. The molecule has 0 saturated carbocycles. The third-order valence-electron chi connectivity index (χ3n) is 3.78. The van der Waals surface area contributed by atoms with E-state index in [1.54, 1.807) is 0 Å². The van der Waals surface area contributed by atoms with Crippen molar-refractivity contribution in [3.8, 4) is 11.5 Å².